The summed E-state index contributed by atoms with van der Waals surface area (Å²) in [6, 6.07) is 5.92. The first-order valence-corrected chi connectivity index (χ1v) is 16.9. The Bertz CT molecular complexity index is 1140. The van der Waals surface area contributed by atoms with Crippen molar-refractivity contribution >= 4 is 51.1 Å². The average molecular weight is 668 g/mol. The molecule has 0 radical (unpaired) electrons. The van der Waals surface area contributed by atoms with Crippen molar-refractivity contribution in [2.45, 2.75) is 60.5 Å². The Morgan fingerprint density at radius 3 is 2.57 bits per heavy atom. The molecule has 3 unspecified atom stereocenters. The van der Waals surface area contributed by atoms with E-state index in [4.69, 9.17) is 9.47 Å². The minimum Gasteiger partial charge on any atom is -0.494 e. The van der Waals surface area contributed by atoms with Crippen molar-refractivity contribution in [3.63, 3.8) is 0 Å². The van der Waals surface area contributed by atoms with E-state index in [2.05, 4.69) is 31.5 Å². The summed E-state index contributed by atoms with van der Waals surface area (Å²) >= 11 is 5.43. The van der Waals surface area contributed by atoms with Crippen LogP contribution in [0.4, 0.5) is 5.69 Å². The fraction of sp³-hybridized carbons (Fsp3) is 0.700. The Kier molecular flexibility index (Phi) is 10.1. The van der Waals surface area contributed by atoms with Crippen LogP contribution in [0.15, 0.2) is 24.3 Å². The minimum atomic E-state index is -0.774. The van der Waals surface area contributed by atoms with Gasteiger partial charge >= 0.3 is 0 Å². The van der Waals surface area contributed by atoms with Gasteiger partial charge in [-0.1, -0.05) is 36.2 Å². The predicted molar refractivity (Wildman–Crippen MR) is 166 cm³/mol. The van der Waals surface area contributed by atoms with Gasteiger partial charge in [0.15, 0.2) is 0 Å². The minimum absolute atomic E-state index is 0.0177. The molecule has 10 nitrogen and oxygen atoms in total. The number of rotatable bonds is 12. The third-order valence-corrected chi connectivity index (χ3v) is 12.6. The van der Waals surface area contributed by atoms with E-state index in [1.54, 1.807) is 40.9 Å². The number of ether oxygens (including phenoxy) is 2. The van der Waals surface area contributed by atoms with Crippen LogP contribution in [0.2, 0.25) is 0 Å². The zero-order chi connectivity index (χ0) is 30.0. The number of hydrogen-bond acceptors (Lipinski definition) is 8. The van der Waals surface area contributed by atoms with Crippen LogP contribution in [0.25, 0.3) is 0 Å². The van der Waals surface area contributed by atoms with Crippen molar-refractivity contribution in [2.24, 2.45) is 17.8 Å². The molecule has 4 fully saturated rings. The van der Waals surface area contributed by atoms with Gasteiger partial charge < -0.3 is 30.1 Å². The number of aliphatic hydroxyl groups excluding tert-OH is 1. The van der Waals surface area contributed by atoms with Crippen LogP contribution >= 0.6 is 27.7 Å². The Morgan fingerprint density at radius 1 is 1.21 bits per heavy atom. The maximum atomic E-state index is 14.4. The van der Waals surface area contributed by atoms with Gasteiger partial charge in [0, 0.05) is 41.9 Å². The molecule has 12 heteroatoms. The molecule has 1 spiro atoms. The molecular formula is C30H43BrN4O6S. The highest BCUT2D eigenvalue weighted by Crippen LogP contribution is 2.68. The number of anilines is 1. The highest BCUT2D eigenvalue weighted by atomic mass is 79.9. The van der Waals surface area contributed by atoms with E-state index in [0.717, 1.165) is 25.3 Å². The first kappa shape index (κ1) is 31.6. The van der Waals surface area contributed by atoms with Gasteiger partial charge in [-0.2, -0.15) is 0 Å². The number of carbonyl (C=O) groups is 3. The second-order valence-electron chi connectivity index (χ2n) is 11.7. The summed E-state index contributed by atoms with van der Waals surface area (Å²) in [5.41, 5.74) is 0.629. The Labute approximate surface area is 260 Å². The lowest BCUT2D eigenvalue weighted by Gasteiger charge is -2.39. The summed E-state index contributed by atoms with van der Waals surface area (Å²) in [6.45, 7) is 10.4. The number of aliphatic hydroxyl groups is 1. The number of nitrogens with zero attached hydrogens (tertiary/aromatic N) is 2. The third kappa shape index (κ3) is 5.81. The molecule has 8 atom stereocenters. The lowest BCUT2D eigenvalue weighted by molar-refractivity contribution is -0.143. The van der Waals surface area contributed by atoms with Gasteiger partial charge in [0.05, 0.1) is 49.1 Å². The van der Waals surface area contributed by atoms with Gasteiger partial charge in [-0.05, 0) is 43.5 Å². The molecule has 3 amide bonds. The number of amides is 3. The Hall–Kier alpha value is -1.86. The quantitative estimate of drug-likeness (QED) is 0.291. The highest BCUT2D eigenvalue weighted by Gasteiger charge is 2.76. The van der Waals surface area contributed by atoms with Crippen molar-refractivity contribution in [2.75, 3.05) is 57.9 Å². The topological polar surface area (TPSA) is 120 Å². The number of fused-ring (bicyclic) bond motifs is 1. The lowest BCUT2D eigenvalue weighted by atomic mass is 9.70. The van der Waals surface area contributed by atoms with E-state index in [1.165, 1.54) is 0 Å². The van der Waals surface area contributed by atoms with Crippen LogP contribution in [0, 0.1) is 17.8 Å². The number of thioether (sulfide) groups is 1. The van der Waals surface area contributed by atoms with E-state index in [1.807, 2.05) is 20.8 Å². The Morgan fingerprint density at radius 2 is 1.93 bits per heavy atom. The maximum Gasteiger partial charge on any atom is 0.244 e. The fourth-order valence-electron chi connectivity index (χ4n) is 7.12. The van der Waals surface area contributed by atoms with E-state index >= 15 is 0 Å². The van der Waals surface area contributed by atoms with Gasteiger partial charge in [-0.3, -0.25) is 19.3 Å². The molecule has 0 aromatic heterocycles. The molecule has 1 aromatic carbocycles. The van der Waals surface area contributed by atoms with Crippen molar-refractivity contribution in [3.8, 4) is 5.75 Å². The largest absolute Gasteiger partial charge is 0.494 e. The summed E-state index contributed by atoms with van der Waals surface area (Å²) in [5, 5.41) is 16.5. The first-order valence-electron chi connectivity index (χ1n) is 15.1. The second-order valence-corrected chi connectivity index (χ2v) is 14.5. The lowest BCUT2D eigenvalue weighted by Crippen LogP contribution is -2.58. The molecule has 5 rings (SSSR count). The van der Waals surface area contributed by atoms with Crippen LogP contribution in [0.3, 0.4) is 0 Å². The molecule has 0 aliphatic carbocycles. The molecule has 4 saturated heterocycles. The Balaban J connectivity index is 1.41. The van der Waals surface area contributed by atoms with E-state index in [0.29, 0.717) is 45.0 Å². The summed E-state index contributed by atoms with van der Waals surface area (Å²) in [4.78, 5) is 46.3. The molecule has 3 N–H and O–H groups in total. The molecule has 4 aliphatic heterocycles. The summed E-state index contributed by atoms with van der Waals surface area (Å²) in [6.07, 6.45) is 1.35. The number of benzene rings is 1. The SMILES string of the molecule is CCOc1ccc(NC(=O)[C@H]2[C@H]3C(=O)N([C@@H](CO)[C@@H](C)CC)C(C(=O)NCCN4CCOCC4)C34CC(Br)[C@@H]2S4)cc1. The highest BCUT2D eigenvalue weighted by molar-refractivity contribution is 9.09. The van der Waals surface area contributed by atoms with Crippen molar-refractivity contribution in [1.29, 1.82) is 0 Å². The zero-order valence-corrected chi connectivity index (χ0v) is 27.0. The number of carbonyl (C=O) groups excluding carboxylic acids is 3. The fourth-order valence-corrected chi connectivity index (χ4v) is 10.7. The van der Waals surface area contributed by atoms with Gasteiger partial charge in [-0.15, -0.1) is 11.8 Å². The van der Waals surface area contributed by atoms with Gasteiger partial charge in [0.1, 0.15) is 11.8 Å². The van der Waals surface area contributed by atoms with Crippen molar-refractivity contribution < 1.29 is 29.0 Å². The summed E-state index contributed by atoms with van der Waals surface area (Å²) in [7, 11) is 0. The molecule has 232 valence electrons. The van der Waals surface area contributed by atoms with Crippen LogP contribution in [-0.2, 0) is 19.1 Å². The van der Waals surface area contributed by atoms with E-state index in [9.17, 15) is 19.5 Å². The summed E-state index contributed by atoms with van der Waals surface area (Å²) < 4.78 is 10.2. The van der Waals surface area contributed by atoms with Gasteiger partial charge in [0.25, 0.3) is 0 Å². The smallest absolute Gasteiger partial charge is 0.244 e. The normalized spacial score (nSPS) is 32.0. The number of alkyl halides is 1. The molecule has 0 saturated carbocycles. The third-order valence-electron chi connectivity index (χ3n) is 9.39. The first-order chi connectivity index (χ1) is 20.2. The van der Waals surface area contributed by atoms with E-state index < -0.39 is 28.7 Å². The standard InChI is InChI=1S/C30H43BrN4O6S/c1-4-18(3)22(17-36)35-26(28(38)32-10-11-34-12-14-40-15-13-34)30-16-21(31)25(42-30)23(24(30)29(35)39)27(37)33-19-6-8-20(9-7-19)41-5-2/h6-9,18,21-26,36H,4-5,10-17H2,1-3H3,(H,32,38)(H,33,37)/t18-,21?,22-,23-,24-,25-,26?,30?/m0/s1. The maximum absolute atomic E-state index is 14.4. The van der Waals surface area contributed by atoms with Crippen LogP contribution in [0.5, 0.6) is 5.75 Å². The van der Waals surface area contributed by atoms with Crippen LogP contribution in [-0.4, -0.2) is 112 Å². The summed E-state index contributed by atoms with van der Waals surface area (Å²) in [5.74, 6) is -1.21. The molecule has 1 aromatic rings. The second kappa shape index (κ2) is 13.4. The number of nitrogens with one attached hydrogen (secondary N) is 2. The van der Waals surface area contributed by atoms with Crippen molar-refractivity contribution in [3.05, 3.63) is 24.3 Å². The number of halogens is 1. The van der Waals surface area contributed by atoms with Gasteiger partial charge in [0.2, 0.25) is 17.7 Å². The van der Waals surface area contributed by atoms with Crippen molar-refractivity contribution in [1.82, 2.24) is 15.1 Å². The average Bonchev–Trinajstić information content (AvgIpc) is 3.58. The number of morpholine rings is 1. The molecule has 42 heavy (non-hydrogen) atoms. The molecule has 2 bridgehead atoms. The number of likely N-dealkylation sites (tertiary alicyclic amines) is 1. The molecule has 4 heterocycles. The molecule has 4 aliphatic rings. The monoisotopic (exact) mass is 666 g/mol. The zero-order valence-electron chi connectivity index (χ0n) is 24.6. The predicted octanol–water partition coefficient (Wildman–Crippen LogP) is 2.34. The van der Waals surface area contributed by atoms with E-state index in [-0.39, 0.29) is 40.3 Å². The molecular weight excluding hydrogens is 624 g/mol. The number of hydrogen-bond donors (Lipinski definition) is 3. The van der Waals surface area contributed by atoms with Crippen LogP contribution < -0.4 is 15.4 Å². The van der Waals surface area contributed by atoms with Gasteiger partial charge in [-0.25, -0.2) is 0 Å². The van der Waals surface area contributed by atoms with Crippen LogP contribution in [0.1, 0.15) is 33.6 Å².